The molecule has 3 aromatic carbocycles. The average molecular weight is 495 g/mol. The van der Waals surface area contributed by atoms with E-state index in [1.807, 2.05) is 6.07 Å². The van der Waals surface area contributed by atoms with Crippen molar-refractivity contribution in [2.75, 3.05) is 14.2 Å². The van der Waals surface area contributed by atoms with Crippen LogP contribution in [0.3, 0.4) is 0 Å². The third-order valence-corrected chi connectivity index (χ3v) is 5.50. The van der Waals surface area contributed by atoms with Crippen LogP contribution in [0, 0.1) is 5.82 Å². The minimum atomic E-state index is -0.739. The Labute approximate surface area is 205 Å². The Morgan fingerprint density at radius 2 is 1.60 bits per heavy atom. The molecule has 0 aliphatic rings. The van der Waals surface area contributed by atoms with Crippen molar-refractivity contribution in [3.63, 3.8) is 0 Å². The lowest BCUT2D eigenvalue weighted by Gasteiger charge is -2.09. The highest BCUT2D eigenvalue weighted by molar-refractivity contribution is 6.30. The average Bonchev–Trinajstić information content (AvgIpc) is 3.30. The molecule has 4 aromatic rings. The molecule has 0 spiro atoms. The molecular formula is C26H20ClFN2O5. The Morgan fingerprint density at radius 3 is 2.26 bits per heavy atom. The second kappa shape index (κ2) is 10.4. The van der Waals surface area contributed by atoms with Crippen LogP contribution in [-0.2, 0) is 16.1 Å². The molecule has 0 radical (unpaired) electrons. The number of benzene rings is 3. The van der Waals surface area contributed by atoms with Crippen LogP contribution in [0.4, 0.5) is 4.39 Å². The number of aromatic nitrogens is 2. The number of halogens is 2. The number of ether oxygens (including phenoxy) is 3. The van der Waals surface area contributed by atoms with Gasteiger partial charge < -0.3 is 14.2 Å². The van der Waals surface area contributed by atoms with Crippen molar-refractivity contribution in [2.45, 2.75) is 6.61 Å². The lowest BCUT2D eigenvalue weighted by molar-refractivity contribution is 0.0549. The van der Waals surface area contributed by atoms with E-state index in [1.54, 1.807) is 60.7 Å². The monoisotopic (exact) mass is 494 g/mol. The maximum Gasteiger partial charge on any atom is 0.357 e. The first-order chi connectivity index (χ1) is 16.9. The zero-order valence-electron chi connectivity index (χ0n) is 18.8. The van der Waals surface area contributed by atoms with Crippen molar-refractivity contribution in [3.05, 3.63) is 100 Å². The summed E-state index contributed by atoms with van der Waals surface area (Å²) in [6, 6.07) is 20.2. The van der Waals surface area contributed by atoms with Gasteiger partial charge in [-0.3, -0.25) is 0 Å². The van der Waals surface area contributed by atoms with E-state index >= 15 is 0 Å². The minimum absolute atomic E-state index is 0.0196. The van der Waals surface area contributed by atoms with E-state index in [9.17, 15) is 14.0 Å². The maximum absolute atomic E-state index is 14.1. The fraction of sp³-hybridized carbons (Fsp3) is 0.115. The zero-order chi connectivity index (χ0) is 24.9. The van der Waals surface area contributed by atoms with Gasteiger partial charge in [0.1, 0.15) is 29.4 Å². The Bertz CT molecular complexity index is 1370. The van der Waals surface area contributed by atoms with E-state index in [0.717, 1.165) is 0 Å². The minimum Gasteiger partial charge on any atom is -0.489 e. The van der Waals surface area contributed by atoms with E-state index in [-0.39, 0.29) is 28.6 Å². The summed E-state index contributed by atoms with van der Waals surface area (Å²) in [6.07, 6.45) is 0. The first-order valence-corrected chi connectivity index (χ1v) is 10.8. The normalized spacial score (nSPS) is 10.6. The van der Waals surface area contributed by atoms with Crippen molar-refractivity contribution in [1.82, 2.24) is 9.78 Å². The van der Waals surface area contributed by atoms with E-state index in [1.165, 1.54) is 25.0 Å². The number of rotatable bonds is 7. The SMILES string of the molecule is COC(=O)c1c(-c2ccc(OCc3cccc(Cl)c3F)cc2)nn(-c2ccccc2)c1C(=O)OC. The van der Waals surface area contributed by atoms with Gasteiger partial charge in [-0.25, -0.2) is 18.7 Å². The Hall–Kier alpha value is -4.17. The topological polar surface area (TPSA) is 79.7 Å². The predicted octanol–water partition coefficient (Wildman–Crippen LogP) is 5.48. The highest BCUT2D eigenvalue weighted by Crippen LogP contribution is 2.30. The van der Waals surface area contributed by atoms with Crippen LogP contribution in [0.1, 0.15) is 26.4 Å². The summed E-state index contributed by atoms with van der Waals surface area (Å²) >= 11 is 5.82. The van der Waals surface area contributed by atoms with Gasteiger partial charge in [-0.1, -0.05) is 41.9 Å². The largest absolute Gasteiger partial charge is 0.489 e. The molecule has 4 rings (SSSR count). The smallest absolute Gasteiger partial charge is 0.357 e. The van der Waals surface area contributed by atoms with Gasteiger partial charge in [-0.05, 0) is 42.5 Å². The summed E-state index contributed by atoms with van der Waals surface area (Å²) in [5.74, 6) is -1.55. The summed E-state index contributed by atoms with van der Waals surface area (Å²) in [5, 5.41) is 4.56. The molecule has 0 unspecified atom stereocenters. The zero-order valence-corrected chi connectivity index (χ0v) is 19.6. The van der Waals surface area contributed by atoms with Crippen molar-refractivity contribution in [2.24, 2.45) is 0 Å². The van der Waals surface area contributed by atoms with Crippen molar-refractivity contribution in [1.29, 1.82) is 0 Å². The fourth-order valence-electron chi connectivity index (χ4n) is 3.49. The van der Waals surface area contributed by atoms with Gasteiger partial charge >= 0.3 is 11.9 Å². The predicted molar refractivity (Wildman–Crippen MR) is 127 cm³/mol. The summed E-state index contributed by atoms with van der Waals surface area (Å²) in [6.45, 7) is -0.0196. The number of hydrogen-bond acceptors (Lipinski definition) is 6. The number of hydrogen-bond donors (Lipinski definition) is 0. The van der Waals surface area contributed by atoms with E-state index < -0.39 is 17.8 Å². The molecule has 1 aromatic heterocycles. The van der Waals surface area contributed by atoms with Crippen LogP contribution in [0.15, 0.2) is 72.8 Å². The maximum atomic E-state index is 14.1. The van der Waals surface area contributed by atoms with Crippen LogP contribution in [-0.4, -0.2) is 35.9 Å². The number of esters is 2. The standard InChI is InChI=1S/C26H20ClFN2O5/c1-33-25(31)21-23(29-30(24(21)26(32)34-2)18-8-4-3-5-9-18)16-11-13-19(14-12-16)35-15-17-7-6-10-20(27)22(17)28/h3-14H,15H2,1-2H3. The van der Waals surface area contributed by atoms with Crippen molar-refractivity contribution < 1.29 is 28.2 Å². The first-order valence-electron chi connectivity index (χ1n) is 10.5. The van der Waals surface area contributed by atoms with Gasteiger partial charge in [0.25, 0.3) is 0 Å². The summed E-state index contributed by atoms with van der Waals surface area (Å²) in [4.78, 5) is 25.4. The first kappa shape index (κ1) is 24.0. The molecule has 0 bridgehead atoms. The van der Waals surface area contributed by atoms with Gasteiger partial charge in [0.15, 0.2) is 5.69 Å². The molecular weight excluding hydrogens is 475 g/mol. The van der Waals surface area contributed by atoms with Crippen molar-refractivity contribution >= 4 is 23.5 Å². The van der Waals surface area contributed by atoms with Gasteiger partial charge in [-0.15, -0.1) is 0 Å². The van der Waals surface area contributed by atoms with Gasteiger partial charge in [-0.2, -0.15) is 5.10 Å². The quantitative estimate of drug-likeness (QED) is 0.316. The summed E-state index contributed by atoms with van der Waals surface area (Å²) in [7, 11) is 2.44. The summed E-state index contributed by atoms with van der Waals surface area (Å²) in [5.41, 5.74) is 1.56. The van der Waals surface area contributed by atoms with Crippen LogP contribution in [0.2, 0.25) is 5.02 Å². The molecule has 0 aliphatic carbocycles. The highest BCUT2D eigenvalue weighted by Gasteiger charge is 2.31. The van der Waals surface area contributed by atoms with Gasteiger partial charge in [0.2, 0.25) is 0 Å². The third kappa shape index (κ3) is 4.88. The van der Waals surface area contributed by atoms with E-state index in [2.05, 4.69) is 5.10 Å². The molecule has 0 saturated heterocycles. The molecule has 0 saturated carbocycles. The molecule has 0 aliphatic heterocycles. The molecule has 178 valence electrons. The molecule has 0 amide bonds. The second-order valence-electron chi connectivity index (χ2n) is 7.33. The lowest BCUT2D eigenvalue weighted by atomic mass is 10.1. The number of carbonyl (C=O) groups is 2. The molecule has 0 fully saturated rings. The Morgan fingerprint density at radius 1 is 0.914 bits per heavy atom. The molecule has 0 atom stereocenters. The van der Waals surface area contributed by atoms with Crippen LogP contribution in [0.5, 0.6) is 5.75 Å². The molecule has 0 N–H and O–H groups in total. The van der Waals surface area contributed by atoms with Gasteiger partial charge in [0.05, 0.1) is 24.9 Å². The highest BCUT2D eigenvalue weighted by atomic mass is 35.5. The number of nitrogens with zero attached hydrogens (tertiary/aromatic N) is 2. The number of para-hydroxylation sites is 1. The van der Waals surface area contributed by atoms with E-state index in [0.29, 0.717) is 22.6 Å². The third-order valence-electron chi connectivity index (χ3n) is 5.21. The van der Waals surface area contributed by atoms with Crippen LogP contribution < -0.4 is 4.74 Å². The molecule has 35 heavy (non-hydrogen) atoms. The van der Waals surface area contributed by atoms with Crippen LogP contribution in [0.25, 0.3) is 16.9 Å². The summed E-state index contributed by atoms with van der Waals surface area (Å²) < 4.78 is 31.0. The fourth-order valence-corrected chi connectivity index (χ4v) is 3.68. The molecule has 9 heteroatoms. The number of carbonyl (C=O) groups excluding carboxylic acids is 2. The van der Waals surface area contributed by atoms with Gasteiger partial charge in [0, 0.05) is 11.1 Å². The molecule has 1 heterocycles. The van der Waals surface area contributed by atoms with Crippen LogP contribution >= 0.6 is 11.6 Å². The Kier molecular flexibility index (Phi) is 7.12. The van der Waals surface area contributed by atoms with Crippen molar-refractivity contribution in [3.8, 4) is 22.7 Å². The molecule has 7 nitrogen and oxygen atoms in total. The van der Waals surface area contributed by atoms with E-state index in [4.69, 9.17) is 25.8 Å². The second-order valence-corrected chi connectivity index (χ2v) is 7.74. The lowest BCUT2D eigenvalue weighted by Crippen LogP contribution is -2.15. The number of methoxy groups -OCH3 is 2. The Balaban J connectivity index is 1.72.